The van der Waals surface area contributed by atoms with E-state index >= 15 is 0 Å². The minimum atomic E-state index is 0.589. The molecule has 0 saturated carbocycles. The maximum absolute atomic E-state index is 5.91. The predicted octanol–water partition coefficient (Wildman–Crippen LogP) is 2.51. The molecule has 18 heavy (non-hydrogen) atoms. The zero-order chi connectivity index (χ0) is 13.0. The number of aromatic nitrogens is 1. The zero-order valence-electron chi connectivity index (χ0n) is 11.3. The molecule has 0 unspecified atom stereocenters. The van der Waals surface area contributed by atoms with E-state index in [1.54, 1.807) is 0 Å². The molecule has 0 amide bonds. The van der Waals surface area contributed by atoms with Gasteiger partial charge in [0.25, 0.3) is 0 Å². The molecule has 100 valence electrons. The number of halogens is 1. The summed E-state index contributed by atoms with van der Waals surface area (Å²) in [5.41, 5.74) is 1.07. The summed E-state index contributed by atoms with van der Waals surface area (Å²) in [4.78, 5) is 9.35. The van der Waals surface area contributed by atoms with Crippen molar-refractivity contribution in [3.8, 4) is 0 Å². The predicted molar refractivity (Wildman–Crippen MR) is 75.8 cm³/mol. The van der Waals surface area contributed by atoms with Gasteiger partial charge in [0.1, 0.15) is 5.15 Å². The highest BCUT2D eigenvalue weighted by Crippen LogP contribution is 2.10. The molecule has 0 aliphatic carbocycles. The van der Waals surface area contributed by atoms with E-state index < -0.39 is 0 Å². The number of nitrogens with zero attached hydrogens (tertiary/aromatic N) is 3. The van der Waals surface area contributed by atoms with Crippen LogP contribution in [0.2, 0.25) is 5.15 Å². The van der Waals surface area contributed by atoms with Crippen LogP contribution in [0.3, 0.4) is 0 Å². The van der Waals surface area contributed by atoms with E-state index in [0.29, 0.717) is 5.15 Å². The van der Waals surface area contributed by atoms with E-state index in [2.05, 4.69) is 28.6 Å². The molecule has 0 bridgehead atoms. The Balaban J connectivity index is 1.80. The number of piperazine rings is 1. The molecule has 0 aromatic carbocycles. The van der Waals surface area contributed by atoms with E-state index in [0.717, 1.165) is 31.2 Å². The van der Waals surface area contributed by atoms with Crippen LogP contribution < -0.4 is 0 Å². The van der Waals surface area contributed by atoms with Gasteiger partial charge in [0.2, 0.25) is 0 Å². The lowest BCUT2D eigenvalue weighted by atomic mass is 10.2. The van der Waals surface area contributed by atoms with Gasteiger partial charge in [0.15, 0.2) is 0 Å². The molecule has 1 fully saturated rings. The molecular weight excluding hydrogens is 246 g/mol. The average Bonchev–Trinajstić information content (AvgIpc) is 2.31. The fourth-order valence-corrected chi connectivity index (χ4v) is 2.60. The molecule has 0 radical (unpaired) electrons. The lowest BCUT2D eigenvalue weighted by Gasteiger charge is -2.35. The van der Waals surface area contributed by atoms with E-state index in [4.69, 9.17) is 11.6 Å². The highest BCUT2D eigenvalue weighted by Gasteiger charge is 2.17. The molecule has 1 aromatic heterocycles. The summed E-state index contributed by atoms with van der Waals surface area (Å²) >= 11 is 5.91. The first-order chi connectivity index (χ1) is 8.63. The first-order valence-electron chi connectivity index (χ1n) is 6.69. The molecule has 2 rings (SSSR count). The van der Waals surface area contributed by atoms with Crippen molar-refractivity contribution in [2.75, 3.05) is 32.7 Å². The number of hydrogen-bond acceptors (Lipinski definition) is 3. The molecule has 1 aliphatic heterocycles. The number of hydrogen-bond donors (Lipinski definition) is 0. The quantitative estimate of drug-likeness (QED) is 0.782. The van der Waals surface area contributed by atoms with E-state index in [1.807, 2.05) is 18.2 Å². The van der Waals surface area contributed by atoms with Crippen LogP contribution in [0, 0.1) is 5.92 Å². The standard InChI is InChI=1S/C14H22ClN3/c1-12(2)10-17-6-8-18(9-7-17)11-13-4-3-5-14(15)16-13/h3-5,12H,6-11H2,1-2H3. The Labute approximate surface area is 115 Å². The van der Waals surface area contributed by atoms with Gasteiger partial charge < -0.3 is 4.90 Å². The summed E-state index contributed by atoms with van der Waals surface area (Å²) in [5.74, 6) is 0.756. The van der Waals surface area contributed by atoms with Crippen molar-refractivity contribution in [1.29, 1.82) is 0 Å². The maximum atomic E-state index is 5.91. The Bertz CT molecular complexity index is 373. The van der Waals surface area contributed by atoms with Gasteiger partial charge in [0, 0.05) is 39.3 Å². The smallest absolute Gasteiger partial charge is 0.129 e. The van der Waals surface area contributed by atoms with Crippen LogP contribution in [0.4, 0.5) is 0 Å². The molecule has 0 atom stereocenters. The van der Waals surface area contributed by atoms with Crippen molar-refractivity contribution in [2.24, 2.45) is 5.92 Å². The van der Waals surface area contributed by atoms with Crippen LogP contribution in [-0.2, 0) is 6.54 Å². The molecule has 1 aliphatic rings. The first kappa shape index (κ1) is 13.8. The van der Waals surface area contributed by atoms with Gasteiger partial charge in [-0.05, 0) is 18.1 Å². The van der Waals surface area contributed by atoms with Crippen molar-refractivity contribution in [1.82, 2.24) is 14.8 Å². The van der Waals surface area contributed by atoms with Gasteiger partial charge in [-0.25, -0.2) is 4.98 Å². The molecule has 1 saturated heterocycles. The second-order valence-corrected chi connectivity index (χ2v) is 5.81. The molecular formula is C14H22ClN3. The third-order valence-corrected chi connectivity index (χ3v) is 3.46. The third kappa shape index (κ3) is 4.23. The van der Waals surface area contributed by atoms with Gasteiger partial charge in [-0.1, -0.05) is 31.5 Å². The van der Waals surface area contributed by atoms with Gasteiger partial charge in [-0.3, -0.25) is 4.90 Å². The van der Waals surface area contributed by atoms with Gasteiger partial charge >= 0.3 is 0 Å². The lowest BCUT2D eigenvalue weighted by Crippen LogP contribution is -2.46. The van der Waals surface area contributed by atoms with Gasteiger partial charge in [0.05, 0.1) is 5.69 Å². The third-order valence-electron chi connectivity index (χ3n) is 3.25. The largest absolute Gasteiger partial charge is 0.301 e. The molecule has 1 aromatic rings. The average molecular weight is 268 g/mol. The summed E-state index contributed by atoms with van der Waals surface area (Å²) in [6, 6.07) is 5.84. The van der Waals surface area contributed by atoms with Crippen molar-refractivity contribution >= 4 is 11.6 Å². The molecule has 4 heteroatoms. The second kappa shape index (κ2) is 6.50. The van der Waals surface area contributed by atoms with Crippen LogP contribution in [0.5, 0.6) is 0 Å². The summed E-state index contributed by atoms with van der Waals surface area (Å²) in [7, 11) is 0. The second-order valence-electron chi connectivity index (χ2n) is 5.42. The Morgan fingerprint density at radius 1 is 1.17 bits per heavy atom. The normalized spacial score (nSPS) is 18.4. The van der Waals surface area contributed by atoms with Crippen molar-refractivity contribution in [3.05, 3.63) is 29.0 Å². The fourth-order valence-electron chi connectivity index (χ4n) is 2.41. The van der Waals surface area contributed by atoms with E-state index in [-0.39, 0.29) is 0 Å². The number of pyridine rings is 1. The van der Waals surface area contributed by atoms with Crippen LogP contribution in [0.1, 0.15) is 19.5 Å². The Morgan fingerprint density at radius 2 is 1.83 bits per heavy atom. The summed E-state index contributed by atoms with van der Waals surface area (Å²) in [6.45, 7) is 11.3. The van der Waals surface area contributed by atoms with Crippen LogP contribution in [0.25, 0.3) is 0 Å². The Kier molecular flexibility index (Phi) is 4.98. The van der Waals surface area contributed by atoms with Crippen LogP contribution in [-0.4, -0.2) is 47.5 Å². The molecule has 2 heterocycles. The highest BCUT2D eigenvalue weighted by molar-refractivity contribution is 6.29. The molecule has 3 nitrogen and oxygen atoms in total. The van der Waals surface area contributed by atoms with Crippen molar-refractivity contribution in [2.45, 2.75) is 20.4 Å². The zero-order valence-corrected chi connectivity index (χ0v) is 12.0. The minimum Gasteiger partial charge on any atom is -0.301 e. The Hall–Kier alpha value is -0.640. The summed E-state index contributed by atoms with van der Waals surface area (Å²) in [6.07, 6.45) is 0. The number of rotatable bonds is 4. The Morgan fingerprint density at radius 3 is 2.44 bits per heavy atom. The van der Waals surface area contributed by atoms with E-state index in [9.17, 15) is 0 Å². The SMILES string of the molecule is CC(C)CN1CCN(Cc2cccc(Cl)n2)CC1. The van der Waals surface area contributed by atoms with Crippen molar-refractivity contribution < 1.29 is 0 Å². The monoisotopic (exact) mass is 267 g/mol. The molecule has 0 N–H and O–H groups in total. The fraction of sp³-hybridized carbons (Fsp3) is 0.643. The maximum Gasteiger partial charge on any atom is 0.129 e. The highest BCUT2D eigenvalue weighted by atomic mass is 35.5. The van der Waals surface area contributed by atoms with Gasteiger partial charge in [-0.2, -0.15) is 0 Å². The minimum absolute atomic E-state index is 0.589. The topological polar surface area (TPSA) is 19.4 Å². The van der Waals surface area contributed by atoms with Crippen LogP contribution in [0.15, 0.2) is 18.2 Å². The van der Waals surface area contributed by atoms with Gasteiger partial charge in [-0.15, -0.1) is 0 Å². The summed E-state index contributed by atoms with van der Waals surface area (Å²) < 4.78 is 0. The van der Waals surface area contributed by atoms with E-state index in [1.165, 1.54) is 19.6 Å². The lowest BCUT2D eigenvalue weighted by molar-refractivity contribution is 0.116. The summed E-state index contributed by atoms with van der Waals surface area (Å²) in [5, 5.41) is 0.589. The van der Waals surface area contributed by atoms with Crippen molar-refractivity contribution in [3.63, 3.8) is 0 Å². The molecule has 0 spiro atoms. The van der Waals surface area contributed by atoms with Crippen LogP contribution >= 0.6 is 11.6 Å². The first-order valence-corrected chi connectivity index (χ1v) is 7.07.